The minimum absolute atomic E-state index is 0.165. The minimum Gasteiger partial charge on any atom is -0.457 e. The molecule has 0 radical (unpaired) electrons. The zero-order valence-electron chi connectivity index (χ0n) is 15.2. The fourth-order valence-electron chi connectivity index (χ4n) is 2.70. The maximum Gasteiger partial charge on any atom is 0.338 e. The van der Waals surface area contributed by atoms with Crippen molar-refractivity contribution in [3.8, 4) is 5.69 Å². The second kappa shape index (κ2) is 7.96. The second-order valence-electron chi connectivity index (χ2n) is 6.65. The Morgan fingerprint density at radius 1 is 1.11 bits per heavy atom. The van der Waals surface area contributed by atoms with Crippen molar-refractivity contribution in [1.82, 2.24) is 15.1 Å². The molecule has 7 nitrogen and oxygen atoms in total. The maximum absolute atomic E-state index is 12.3. The van der Waals surface area contributed by atoms with E-state index in [2.05, 4.69) is 15.7 Å². The molecule has 1 heterocycles. The van der Waals surface area contributed by atoms with Crippen LogP contribution >= 0.6 is 0 Å². The van der Waals surface area contributed by atoms with Crippen LogP contribution in [0.3, 0.4) is 0 Å². The number of amides is 2. The molecule has 0 atom stereocenters. The number of aromatic nitrogens is 2. The first kappa shape index (κ1) is 17.8. The van der Waals surface area contributed by atoms with Crippen molar-refractivity contribution in [2.45, 2.75) is 25.5 Å². The third-order valence-corrected chi connectivity index (χ3v) is 4.34. The van der Waals surface area contributed by atoms with Gasteiger partial charge >= 0.3 is 12.0 Å². The number of rotatable bonds is 6. The largest absolute Gasteiger partial charge is 0.457 e. The van der Waals surface area contributed by atoms with Crippen molar-refractivity contribution in [1.29, 1.82) is 0 Å². The second-order valence-corrected chi connectivity index (χ2v) is 6.65. The molecule has 3 aromatic rings. The summed E-state index contributed by atoms with van der Waals surface area (Å²) >= 11 is 0. The van der Waals surface area contributed by atoms with Gasteiger partial charge in [-0.05, 0) is 54.8 Å². The molecule has 1 aliphatic carbocycles. The van der Waals surface area contributed by atoms with E-state index in [9.17, 15) is 9.59 Å². The van der Waals surface area contributed by atoms with E-state index in [4.69, 9.17) is 4.74 Å². The lowest BCUT2D eigenvalue weighted by atomic mass is 10.2. The van der Waals surface area contributed by atoms with Crippen molar-refractivity contribution in [3.05, 3.63) is 78.1 Å². The van der Waals surface area contributed by atoms with Gasteiger partial charge in [0, 0.05) is 24.1 Å². The molecule has 0 bridgehead atoms. The summed E-state index contributed by atoms with van der Waals surface area (Å²) in [5.41, 5.74) is 2.75. The van der Waals surface area contributed by atoms with Crippen LogP contribution < -0.4 is 10.6 Å². The molecular formula is C21H20N4O3. The van der Waals surface area contributed by atoms with Crippen LogP contribution in [0, 0.1) is 0 Å². The van der Waals surface area contributed by atoms with E-state index in [-0.39, 0.29) is 18.7 Å². The first-order chi connectivity index (χ1) is 13.7. The molecule has 0 saturated heterocycles. The van der Waals surface area contributed by atoms with Crippen LogP contribution in [-0.2, 0) is 11.3 Å². The van der Waals surface area contributed by atoms with Gasteiger partial charge in [-0.15, -0.1) is 0 Å². The molecular weight excluding hydrogens is 356 g/mol. The van der Waals surface area contributed by atoms with Crippen molar-refractivity contribution in [2.75, 3.05) is 5.32 Å². The van der Waals surface area contributed by atoms with Crippen molar-refractivity contribution < 1.29 is 14.3 Å². The number of ether oxygens (including phenoxy) is 1. The zero-order chi connectivity index (χ0) is 19.3. The maximum atomic E-state index is 12.3. The summed E-state index contributed by atoms with van der Waals surface area (Å²) in [6.45, 7) is 0.165. The molecule has 7 heteroatoms. The summed E-state index contributed by atoms with van der Waals surface area (Å²) < 4.78 is 7.15. The van der Waals surface area contributed by atoms with Crippen LogP contribution in [0.5, 0.6) is 0 Å². The Morgan fingerprint density at radius 3 is 2.64 bits per heavy atom. The Balaban J connectivity index is 1.33. The highest BCUT2D eigenvalue weighted by atomic mass is 16.5. The number of hydrogen-bond donors (Lipinski definition) is 2. The highest BCUT2D eigenvalue weighted by molar-refractivity contribution is 5.94. The van der Waals surface area contributed by atoms with Crippen LogP contribution in [0.25, 0.3) is 5.69 Å². The van der Waals surface area contributed by atoms with Crippen LogP contribution in [-0.4, -0.2) is 27.8 Å². The van der Waals surface area contributed by atoms with Crippen molar-refractivity contribution >= 4 is 17.7 Å². The van der Waals surface area contributed by atoms with Crippen LogP contribution in [0.2, 0.25) is 0 Å². The Hall–Kier alpha value is -3.61. The van der Waals surface area contributed by atoms with Crippen molar-refractivity contribution in [3.63, 3.8) is 0 Å². The van der Waals surface area contributed by atoms with Gasteiger partial charge in [-0.25, -0.2) is 14.3 Å². The van der Waals surface area contributed by atoms with Gasteiger partial charge in [-0.1, -0.05) is 18.2 Å². The predicted molar refractivity (Wildman–Crippen MR) is 104 cm³/mol. The standard InChI is InChI=1S/C21H20N4O3/c26-20(16-3-1-4-18(13-16)24-21(27)23-17-7-8-17)28-14-15-5-9-19(10-6-15)25-12-2-11-22-25/h1-6,9-13,17H,7-8,14H2,(H2,23,24,27). The van der Waals surface area contributed by atoms with Gasteiger partial charge in [0.2, 0.25) is 0 Å². The van der Waals surface area contributed by atoms with Crippen LogP contribution in [0.15, 0.2) is 67.0 Å². The third kappa shape index (κ3) is 4.56. The van der Waals surface area contributed by atoms with E-state index >= 15 is 0 Å². The predicted octanol–water partition coefficient (Wildman–Crippen LogP) is 3.51. The van der Waals surface area contributed by atoms with Gasteiger partial charge in [0.25, 0.3) is 0 Å². The molecule has 0 spiro atoms. The number of benzene rings is 2. The lowest BCUT2D eigenvalue weighted by Gasteiger charge is -2.09. The summed E-state index contributed by atoms with van der Waals surface area (Å²) in [7, 11) is 0. The molecule has 2 amide bonds. The summed E-state index contributed by atoms with van der Waals surface area (Å²) in [5, 5.41) is 9.75. The van der Waals surface area contributed by atoms with Gasteiger partial charge in [-0.3, -0.25) is 0 Å². The Kier molecular flexibility index (Phi) is 5.05. The Bertz CT molecular complexity index is 964. The van der Waals surface area contributed by atoms with E-state index in [1.807, 2.05) is 36.5 Å². The number of urea groups is 1. The fourth-order valence-corrected chi connectivity index (χ4v) is 2.70. The molecule has 1 fully saturated rings. The molecule has 142 valence electrons. The smallest absolute Gasteiger partial charge is 0.338 e. The van der Waals surface area contributed by atoms with Gasteiger partial charge in [0.15, 0.2) is 0 Å². The van der Waals surface area contributed by atoms with Gasteiger partial charge in [-0.2, -0.15) is 5.10 Å². The highest BCUT2D eigenvalue weighted by Crippen LogP contribution is 2.19. The number of nitrogens with zero attached hydrogens (tertiary/aromatic N) is 2. The fraction of sp³-hybridized carbons (Fsp3) is 0.190. The monoisotopic (exact) mass is 376 g/mol. The molecule has 28 heavy (non-hydrogen) atoms. The summed E-state index contributed by atoms with van der Waals surface area (Å²) in [5.74, 6) is -0.442. The van der Waals surface area contributed by atoms with E-state index in [1.54, 1.807) is 35.1 Å². The third-order valence-electron chi connectivity index (χ3n) is 4.34. The molecule has 1 aromatic heterocycles. The quantitative estimate of drug-likeness (QED) is 0.645. The summed E-state index contributed by atoms with van der Waals surface area (Å²) in [6, 6.07) is 16.2. The number of anilines is 1. The number of esters is 1. The van der Waals surface area contributed by atoms with Gasteiger partial charge in [0.1, 0.15) is 6.61 Å². The number of carbonyl (C=O) groups is 2. The first-order valence-electron chi connectivity index (χ1n) is 9.11. The summed E-state index contributed by atoms with van der Waals surface area (Å²) in [4.78, 5) is 24.2. The van der Waals surface area contributed by atoms with E-state index in [1.165, 1.54) is 0 Å². The SMILES string of the molecule is O=C(Nc1cccc(C(=O)OCc2ccc(-n3cccn3)cc2)c1)NC1CC1. The minimum atomic E-state index is -0.442. The lowest BCUT2D eigenvalue weighted by molar-refractivity contribution is 0.0472. The molecule has 0 aliphatic heterocycles. The first-order valence-corrected chi connectivity index (χ1v) is 9.11. The van der Waals surface area contributed by atoms with E-state index < -0.39 is 5.97 Å². The Labute approximate surface area is 162 Å². The van der Waals surface area contributed by atoms with Crippen LogP contribution in [0.4, 0.5) is 10.5 Å². The molecule has 0 unspecified atom stereocenters. The van der Waals surface area contributed by atoms with E-state index in [0.29, 0.717) is 11.3 Å². The van der Waals surface area contributed by atoms with E-state index in [0.717, 1.165) is 24.1 Å². The van der Waals surface area contributed by atoms with Gasteiger partial charge in [0.05, 0.1) is 11.3 Å². The lowest BCUT2D eigenvalue weighted by Crippen LogP contribution is -2.30. The topological polar surface area (TPSA) is 85.2 Å². The van der Waals surface area contributed by atoms with Crippen LogP contribution in [0.1, 0.15) is 28.8 Å². The normalized spacial score (nSPS) is 13.0. The molecule has 2 aromatic carbocycles. The average Bonchev–Trinajstić information content (AvgIpc) is 3.35. The highest BCUT2D eigenvalue weighted by Gasteiger charge is 2.23. The average molecular weight is 376 g/mol. The number of carbonyl (C=O) groups excluding carboxylic acids is 2. The zero-order valence-corrected chi connectivity index (χ0v) is 15.2. The number of nitrogens with one attached hydrogen (secondary N) is 2. The molecule has 1 aliphatic rings. The molecule has 2 N–H and O–H groups in total. The molecule has 1 saturated carbocycles. The summed E-state index contributed by atoms with van der Waals surface area (Å²) in [6.07, 6.45) is 5.61. The molecule has 4 rings (SSSR count). The Morgan fingerprint density at radius 2 is 1.93 bits per heavy atom. The number of hydrogen-bond acceptors (Lipinski definition) is 4. The van der Waals surface area contributed by atoms with Gasteiger partial charge < -0.3 is 15.4 Å². The van der Waals surface area contributed by atoms with Crippen molar-refractivity contribution in [2.24, 2.45) is 0 Å².